The topological polar surface area (TPSA) is 68.2 Å². The molecule has 6 aliphatic rings. The number of unbranched alkanes of at least 4 members (excludes halogenated alkanes) is 10. The molecule has 3 saturated carbocycles. The Labute approximate surface area is 247 Å². The van der Waals surface area contributed by atoms with Crippen LogP contribution < -0.4 is 0 Å². The maximum absolute atomic E-state index is 12.7. The van der Waals surface area contributed by atoms with Crippen LogP contribution in [0, 0.1) is 23.2 Å². The lowest BCUT2D eigenvalue weighted by Crippen LogP contribution is -2.75. The van der Waals surface area contributed by atoms with Crippen molar-refractivity contribution in [2.45, 2.75) is 134 Å². The molecule has 0 aromatic heterocycles. The molecular weight excluding hydrogens is 514 g/mol. The van der Waals surface area contributed by atoms with Crippen LogP contribution in [0.5, 0.6) is 0 Å². The van der Waals surface area contributed by atoms with Crippen LogP contribution in [0.3, 0.4) is 0 Å². The Hall–Kier alpha value is -1.79. The summed E-state index contributed by atoms with van der Waals surface area (Å²) in [4.78, 5) is 15.3. The third-order valence-electron chi connectivity index (χ3n) is 11.4. The second-order valence-electron chi connectivity index (χ2n) is 14.0. The predicted molar refractivity (Wildman–Crippen MR) is 160 cm³/mol. The summed E-state index contributed by atoms with van der Waals surface area (Å²) in [6, 6.07) is 0.152. The van der Waals surface area contributed by atoms with Gasteiger partial charge in [-0.3, -0.25) is 4.90 Å². The standard InChI is InChI=1S/C35H53NO5/c1-3-4-5-6-7-8-9-10-11-12-13-22-39-33(37)40-28-17-16-27-23-29-35(38)19-18-25(2)32-34(35,30(27)31(28)41-32)20-21-36(29)24-26-14-15-26/h16-17,26-27,29-30,32,38H,2-15,18-24H2,1H3/t27?,29?,30?,32-,34-,35+/m0/s1. The number of nitrogens with zero attached hydrogens (tertiary/aromatic N) is 1. The van der Waals surface area contributed by atoms with Crippen molar-refractivity contribution in [1.82, 2.24) is 4.90 Å². The first-order chi connectivity index (χ1) is 20.0. The summed E-state index contributed by atoms with van der Waals surface area (Å²) in [5.74, 6) is 2.30. The van der Waals surface area contributed by atoms with E-state index in [4.69, 9.17) is 14.2 Å². The van der Waals surface area contributed by atoms with Crippen molar-refractivity contribution in [1.29, 1.82) is 0 Å². The fourth-order valence-corrected chi connectivity index (χ4v) is 9.11. The van der Waals surface area contributed by atoms with Crippen LogP contribution in [0.15, 0.2) is 35.8 Å². The molecule has 5 fully saturated rings. The molecule has 6 rings (SSSR count). The Balaban J connectivity index is 1.02. The van der Waals surface area contributed by atoms with Gasteiger partial charge in [-0.2, -0.15) is 0 Å². The van der Waals surface area contributed by atoms with Crippen LogP contribution in [0.1, 0.15) is 116 Å². The van der Waals surface area contributed by atoms with Gasteiger partial charge in [-0.05, 0) is 75.0 Å². The molecule has 228 valence electrons. The third-order valence-corrected chi connectivity index (χ3v) is 11.4. The van der Waals surface area contributed by atoms with Crippen LogP contribution in [-0.2, 0) is 14.2 Å². The van der Waals surface area contributed by atoms with E-state index in [1.807, 2.05) is 6.08 Å². The Kier molecular flexibility index (Phi) is 8.89. The van der Waals surface area contributed by atoms with Crippen LogP contribution in [0.2, 0.25) is 0 Å². The Bertz CT molecular complexity index is 1030. The molecule has 1 spiro atoms. The van der Waals surface area contributed by atoms with Crippen molar-refractivity contribution < 1.29 is 24.1 Å². The number of allylic oxidation sites excluding steroid dienone is 3. The molecule has 2 saturated heterocycles. The largest absolute Gasteiger partial charge is 0.513 e. The Morgan fingerprint density at radius 2 is 1.78 bits per heavy atom. The molecular formula is C35H53NO5. The number of aliphatic hydroxyl groups is 1. The summed E-state index contributed by atoms with van der Waals surface area (Å²) < 4.78 is 17.9. The van der Waals surface area contributed by atoms with Crippen LogP contribution in [-0.4, -0.2) is 53.6 Å². The first-order valence-electron chi connectivity index (χ1n) is 17.1. The fourth-order valence-electron chi connectivity index (χ4n) is 9.11. The lowest BCUT2D eigenvalue weighted by Gasteiger charge is -2.66. The second kappa shape index (κ2) is 12.4. The molecule has 2 aliphatic heterocycles. The number of carbonyl (C=O) groups is 1. The maximum Gasteiger partial charge on any atom is 0.513 e. The highest BCUT2D eigenvalue weighted by atomic mass is 16.7. The number of piperidine rings is 1. The molecule has 0 radical (unpaired) electrons. The summed E-state index contributed by atoms with van der Waals surface area (Å²) >= 11 is 0. The zero-order chi connectivity index (χ0) is 28.5. The summed E-state index contributed by atoms with van der Waals surface area (Å²) in [5, 5.41) is 12.5. The van der Waals surface area contributed by atoms with Gasteiger partial charge in [0.1, 0.15) is 11.9 Å². The minimum atomic E-state index is -0.805. The number of hydrogen-bond acceptors (Lipinski definition) is 6. The Morgan fingerprint density at radius 1 is 1.07 bits per heavy atom. The molecule has 41 heavy (non-hydrogen) atoms. The van der Waals surface area contributed by atoms with Gasteiger partial charge >= 0.3 is 6.16 Å². The van der Waals surface area contributed by atoms with E-state index in [9.17, 15) is 9.90 Å². The second-order valence-corrected chi connectivity index (χ2v) is 14.0. The number of hydrogen-bond donors (Lipinski definition) is 1. The van der Waals surface area contributed by atoms with Crippen molar-refractivity contribution in [3.63, 3.8) is 0 Å². The normalized spacial score (nSPS) is 35.3. The van der Waals surface area contributed by atoms with E-state index in [2.05, 4.69) is 24.5 Å². The average molecular weight is 568 g/mol. The van der Waals surface area contributed by atoms with E-state index in [1.165, 1.54) is 70.6 Å². The first-order valence-corrected chi connectivity index (χ1v) is 17.1. The average Bonchev–Trinajstić information content (AvgIpc) is 3.70. The van der Waals surface area contributed by atoms with Gasteiger partial charge < -0.3 is 19.3 Å². The highest BCUT2D eigenvalue weighted by Crippen LogP contribution is 2.70. The van der Waals surface area contributed by atoms with Gasteiger partial charge in [-0.15, -0.1) is 0 Å². The molecule has 6 atom stereocenters. The van der Waals surface area contributed by atoms with Gasteiger partial charge in [0, 0.05) is 18.5 Å². The minimum Gasteiger partial charge on any atom is -0.485 e. The van der Waals surface area contributed by atoms with E-state index in [0.29, 0.717) is 12.4 Å². The molecule has 1 N–H and O–H groups in total. The van der Waals surface area contributed by atoms with E-state index in [0.717, 1.165) is 68.9 Å². The smallest absolute Gasteiger partial charge is 0.485 e. The molecule has 0 aromatic carbocycles. The van der Waals surface area contributed by atoms with Gasteiger partial charge in [0.05, 0.1) is 17.6 Å². The summed E-state index contributed by atoms with van der Waals surface area (Å²) in [5.41, 5.74) is -0.129. The summed E-state index contributed by atoms with van der Waals surface area (Å²) in [6.45, 7) is 9.16. The third kappa shape index (κ3) is 5.53. The minimum absolute atomic E-state index is 0.0216. The monoisotopic (exact) mass is 567 g/mol. The van der Waals surface area contributed by atoms with Crippen LogP contribution in [0.4, 0.5) is 4.79 Å². The lowest BCUT2D eigenvalue weighted by molar-refractivity contribution is -0.240. The molecule has 6 nitrogen and oxygen atoms in total. The van der Waals surface area contributed by atoms with E-state index in [1.54, 1.807) is 0 Å². The summed E-state index contributed by atoms with van der Waals surface area (Å²) in [6.07, 6.45) is 23.1. The SMILES string of the molecule is C=C1CC[C@@]2(O)C3CC4C=CC(OC(=O)OCCCCCCCCCCCCC)=C5O[C@@H]1[C@]2(CCN3CC1CC1)C54. The maximum atomic E-state index is 12.7. The van der Waals surface area contributed by atoms with Gasteiger partial charge in [-0.1, -0.05) is 83.8 Å². The molecule has 3 unspecified atom stereocenters. The van der Waals surface area contributed by atoms with Crippen LogP contribution in [0.25, 0.3) is 0 Å². The zero-order valence-corrected chi connectivity index (χ0v) is 25.4. The fraction of sp³-hybridized carbons (Fsp3) is 0.800. The number of ether oxygens (including phenoxy) is 3. The number of carbonyl (C=O) groups excluding carboxylic acids is 1. The molecule has 4 aliphatic carbocycles. The quantitative estimate of drug-likeness (QED) is 0.124. The molecule has 0 amide bonds. The predicted octanol–water partition coefficient (Wildman–Crippen LogP) is 7.82. The van der Waals surface area contributed by atoms with E-state index < -0.39 is 17.2 Å². The van der Waals surface area contributed by atoms with Gasteiger partial charge in [0.2, 0.25) is 0 Å². The highest BCUT2D eigenvalue weighted by molar-refractivity contribution is 5.62. The van der Waals surface area contributed by atoms with Crippen molar-refractivity contribution in [3.8, 4) is 0 Å². The van der Waals surface area contributed by atoms with E-state index >= 15 is 0 Å². The lowest BCUT2D eigenvalue weighted by atomic mass is 9.44. The highest BCUT2D eigenvalue weighted by Gasteiger charge is 2.76. The van der Waals surface area contributed by atoms with E-state index in [-0.39, 0.29) is 24.0 Å². The Morgan fingerprint density at radius 3 is 2.49 bits per heavy atom. The molecule has 6 heteroatoms. The van der Waals surface area contributed by atoms with Gasteiger partial charge in [0.15, 0.2) is 5.76 Å². The van der Waals surface area contributed by atoms with Crippen molar-refractivity contribution >= 4 is 6.16 Å². The van der Waals surface area contributed by atoms with Crippen molar-refractivity contribution in [2.75, 3.05) is 19.7 Å². The van der Waals surface area contributed by atoms with Gasteiger partial charge in [0.25, 0.3) is 0 Å². The van der Waals surface area contributed by atoms with Crippen LogP contribution >= 0.6 is 0 Å². The number of rotatable bonds is 15. The molecule has 2 bridgehead atoms. The zero-order valence-electron chi connectivity index (χ0n) is 25.4. The van der Waals surface area contributed by atoms with Crippen molar-refractivity contribution in [3.05, 3.63) is 35.8 Å². The van der Waals surface area contributed by atoms with Crippen molar-refractivity contribution in [2.24, 2.45) is 23.2 Å². The van der Waals surface area contributed by atoms with Gasteiger partial charge in [-0.25, -0.2) is 4.79 Å². The summed E-state index contributed by atoms with van der Waals surface area (Å²) in [7, 11) is 0. The number of likely N-dealkylation sites (tertiary alicyclic amines) is 1. The first kappa shape index (κ1) is 29.3. The molecule has 0 aromatic rings. The molecule has 2 heterocycles.